The predicted molar refractivity (Wildman–Crippen MR) is 104 cm³/mol. The Balaban J connectivity index is 1.82. The van der Waals surface area contributed by atoms with Gasteiger partial charge in [0.1, 0.15) is 5.60 Å². The summed E-state index contributed by atoms with van der Waals surface area (Å²) in [6, 6.07) is 8.11. The van der Waals surface area contributed by atoms with E-state index in [0.29, 0.717) is 12.8 Å². The van der Waals surface area contributed by atoms with E-state index in [4.69, 9.17) is 4.74 Å². The van der Waals surface area contributed by atoms with Crippen LogP contribution in [0.4, 0.5) is 4.79 Å². The van der Waals surface area contributed by atoms with Crippen molar-refractivity contribution < 1.29 is 14.6 Å². The van der Waals surface area contributed by atoms with Crippen LogP contribution in [0.5, 0.6) is 0 Å². The van der Waals surface area contributed by atoms with E-state index in [9.17, 15) is 9.90 Å². The molecule has 26 heavy (non-hydrogen) atoms. The number of fused-ring (bicyclic) bond motifs is 2. The van der Waals surface area contributed by atoms with Crippen molar-refractivity contribution in [3.8, 4) is 0 Å². The zero-order chi connectivity index (χ0) is 19.1. The summed E-state index contributed by atoms with van der Waals surface area (Å²) in [7, 11) is 0. The molecule has 4 nitrogen and oxygen atoms in total. The first-order valence-corrected chi connectivity index (χ1v) is 9.59. The zero-order valence-corrected chi connectivity index (χ0v) is 16.4. The summed E-state index contributed by atoms with van der Waals surface area (Å²) < 4.78 is 5.63. The molecule has 1 N–H and O–H groups in total. The van der Waals surface area contributed by atoms with Gasteiger partial charge in [0, 0.05) is 24.9 Å². The molecule has 4 heteroatoms. The van der Waals surface area contributed by atoms with Gasteiger partial charge in [0.25, 0.3) is 0 Å². The van der Waals surface area contributed by atoms with Crippen LogP contribution in [-0.2, 0) is 10.3 Å². The molecule has 0 aliphatic carbocycles. The van der Waals surface area contributed by atoms with Crippen molar-refractivity contribution in [1.29, 1.82) is 0 Å². The van der Waals surface area contributed by atoms with Gasteiger partial charge in [0.15, 0.2) is 0 Å². The zero-order valence-electron chi connectivity index (χ0n) is 16.4. The second-order valence-electron chi connectivity index (χ2n) is 8.92. The van der Waals surface area contributed by atoms with Crippen LogP contribution in [-0.4, -0.2) is 33.8 Å². The average molecular weight is 357 g/mol. The SMILES string of the molecule is C=C(C)c1ccc(C2(O)CC3CCCC(C2)N3C(=O)OC(C)(C)C)cc1. The van der Waals surface area contributed by atoms with Gasteiger partial charge in [-0.05, 0) is 58.1 Å². The maximum atomic E-state index is 12.7. The van der Waals surface area contributed by atoms with E-state index in [1.165, 1.54) is 0 Å². The number of hydrogen-bond acceptors (Lipinski definition) is 3. The maximum Gasteiger partial charge on any atom is 0.410 e. The van der Waals surface area contributed by atoms with Gasteiger partial charge in [-0.3, -0.25) is 0 Å². The van der Waals surface area contributed by atoms with Crippen molar-refractivity contribution in [2.75, 3.05) is 0 Å². The van der Waals surface area contributed by atoms with E-state index in [-0.39, 0.29) is 18.2 Å². The van der Waals surface area contributed by atoms with Crippen molar-refractivity contribution in [3.05, 3.63) is 42.0 Å². The highest BCUT2D eigenvalue weighted by molar-refractivity contribution is 5.69. The normalized spacial score (nSPS) is 28.6. The number of amides is 1. The van der Waals surface area contributed by atoms with Crippen molar-refractivity contribution >= 4 is 11.7 Å². The highest BCUT2D eigenvalue weighted by Crippen LogP contribution is 2.45. The lowest BCUT2D eigenvalue weighted by molar-refractivity contribution is -0.0965. The molecular weight excluding hydrogens is 326 g/mol. The molecule has 1 aromatic rings. The fourth-order valence-electron chi connectivity index (χ4n) is 4.34. The molecule has 2 unspecified atom stereocenters. The van der Waals surface area contributed by atoms with Crippen LogP contribution in [0.1, 0.15) is 70.9 Å². The van der Waals surface area contributed by atoms with E-state index in [2.05, 4.69) is 6.58 Å². The third-order valence-electron chi connectivity index (χ3n) is 5.53. The number of allylic oxidation sites excluding steroid dienone is 1. The van der Waals surface area contributed by atoms with Crippen LogP contribution in [0.3, 0.4) is 0 Å². The standard InChI is InChI=1S/C22H31NO3/c1-15(2)16-9-11-17(12-10-16)22(25)13-18-7-6-8-19(14-22)23(18)20(24)26-21(3,4)5/h9-12,18-19,25H,1,6-8,13-14H2,2-5H3. The fourth-order valence-corrected chi connectivity index (χ4v) is 4.34. The summed E-state index contributed by atoms with van der Waals surface area (Å²) in [5.41, 5.74) is 1.64. The first-order chi connectivity index (χ1) is 12.1. The number of ether oxygens (including phenoxy) is 1. The molecule has 3 rings (SSSR count). The molecule has 2 heterocycles. The summed E-state index contributed by atoms with van der Waals surface area (Å²) >= 11 is 0. The van der Waals surface area contributed by atoms with Crippen molar-refractivity contribution in [1.82, 2.24) is 4.90 Å². The van der Waals surface area contributed by atoms with Gasteiger partial charge in [-0.1, -0.05) is 36.4 Å². The first-order valence-electron chi connectivity index (χ1n) is 9.59. The van der Waals surface area contributed by atoms with Crippen LogP contribution >= 0.6 is 0 Å². The van der Waals surface area contributed by atoms with Gasteiger partial charge in [-0.25, -0.2) is 4.79 Å². The molecule has 2 aliphatic rings. The molecule has 1 aromatic carbocycles. The highest BCUT2D eigenvalue weighted by Gasteiger charge is 2.49. The van der Waals surface area contributed by atoms with Crippen LogP contribution in [0.15, 0.2) is 30.8 Å². The Kier molecular flexibility index (Phi) is 4.91. The van der Waals surface area contributed by atoms with E-state index in [0.717, 1.165) is 36.0 Å². The number of rotatable bonds is 2. The van der Waals surface area contributed by atoms with E-state index < -0.39 is 11.2 Å². The van der Waals surface area contributed by atoms with Crippen LogP contribution in [0.2, 0.25) is 0 Å². The third-order valence-corrected chi connectivity index (χ3v) is 5.53. The summed E-state index contributed by atoms with van der Waals surface area (Å²) in [6.45, 7) is 11.6. The lowest BCUT2D eigenvalue weighted by Gasteiger charge is -2.51. The molecular formula is C22H31NO3. The Morgan fingerprint density at radius 1 is 1.19 bits per heavy atom. The quantitative estimate of drug-likeness (QED) is 0.822. The monoisotopic (exact) mass is 357 g/mol. The minimum atomic E-state index is -0.887. The summed E-state index contributed by atoms with van der Waals surface area (Å²) in [4.78, 5) is 14.6. The Bertz CT molecular complexity index is 672. The molecule has 2 aliphatic heterocycles. The van der Waals surface area contributed by atoms with Gasteiger partial charge in [0.2, 0.25) is 0 Å². The van der Waals surface area contributed by atoms with Gasteiger partial charge >= 0.3 is 6.09 Å². The van der Waals surface area contributed by atoms with Gasteiger partial charge < -0.3 is 14.7 Å². The van der Waals surface area contributed by atoms with E-state index >= 15 is 0 Å². The second-order valence-corrected chi connectivity index (χ2v) is 8.92. The topological polar surface area (TPSA) is 49.8 Å². The number of piperidine rings is 2. The van der Waals surface area contributed by atoms with Crippen LogP contribution < -0.4 is 0 Å². The average Bonchev–Trinajstić information content (AvgIpc) is 2.52. The number of nitrogens with zero attached hydrogens (tertiary/aromatic N) is 1. The fraction of sp³-hybridized carbons (Fsp3) is 0.591. The summed E-state index contributed by atoms with van der Waals surface area (Å²) in [6.07, 6.45) is 3.82. The number of carbonyl (C=O) groups excluding carboxylic acids is 1. The van der Waals surface area contributed by atoms with Crippen molar-refractivity contribution in [2.24, 2.45) is 0 Å². The molecule has 2 saturated heterocycles. The molecule has 0 radical (unpaired) electrons. The van der Waals surface area contributed by atoms with Crippen LogP contribution in [0, 0.1) is 0 Å². The lowest BCUT2D eigenvalue weighted by atomic mass is 9.72. The molecule has 0 spiro atoms. The molecule has 0 aromatic heterocycles. The second kappa shape index (κ2) is 6.73. The molecule has 2 fully saturated rings. The minimum Gasteiger partial charge on any atom is -0.444 e. The number of aliphatic hydroxyl groups is 1. The van der Waals surface area contributed by atoms with Crippen LogP contribution in [0.25, 0.3) is 5.57 Å². The molecule has 142 valence electrons. The number of benzene rings is 1. The van der Waals surface area contributed by atoms with E-state index in [1.807, 2.05) is 56.9 Å². The van der Waals surface area contributed by atoms with E-state index in [1.54, 1.807) is 0 Å². The highest BCUT2D eigenvalue weighted by atomic mass is 16.6. The smallest absolute Gasteiger partial charge is 0.410 e. The Morgan fingerprint density at radius 2 is 1.73 bits per heavy atom. The van der Waals surface area contributed by atoms with Crippen molar-refractivity contribution in [2.45, 2.75) is 83.1 Å². The molecule has 1 amide bonds. The third kappa shape index (κ3) is 3.80. The number of carbonyl (C=O) groups is 1. The molecule has 0 saturated carbocycles. The first kappa shape index (κ1) is 19.0. The Hall–Kier alpha value is -1.81. The van der Waals surface area contributed by atoms with Gasteiger partial charge in [-0.15, -0.1) is 0 Å². The van der Waals surface area contributed by atoms with Gasteiger partial charge in [-0.2, -0.15) is 0 Å². The largest absolute Gasteiger partial charge is 0.444 e. The summed E-state index contributed by atoms with van der Waals surface area (Å²) in [5.74, 6) is 0. The van der Waals surface area contributed by atoms with Gasteiger partial charge in [0.05, 0.1) is 5.60 Å². The predicted octanol–water partition coefficient (Wildman–Crippen LogP) is 4.86. The Labute approximate surface area is 156 Å². The molecule has 2 atom stereocenters. The Morgan fingerprint density at radius 3 is 2.19 bits per heavy atom. The minimum absolute atomic E-state index is 0.0307. The van der Waals surface area contributed by atoms with Crippen molar-refractivity contribution in [3.63, 3.8) is 0 Å². The summed E-state index contributed by atoms with van der Waals surface area (Å²) in [5, 5.41) is 11.4. The lowest BCUT2D eigenvalue weighted by Crippen LogP contribution is -2.59. The number of hydrogen-bond donors (Lipinski definition) is 1. The maximum absolute atomic E-state index is 12.7. The molecule has 2 bridgehead atoms.